The highest BCUT2D eigenvalue weighted by atomic mass is 16.7. The summed E-state index contributed by atoms with van der Waals surface area (Å²) in [6.07, 6.45) is 39.9. The van der Waals surface area contributed by atoms with Gasteiger partial charge in [-0.15, -0.1) is 0 Å². The van der Waals surface area contributed by atoms with Crippen LogP contribution < -0.4 is 0 Å². The summed E-state index contributed by atoms with van der Waals surface area (Å²) < 4.78 is 33.7. The van der Waals surface area contributed by atoms with Gasteiger partial charge in [0.2, 0.25) is 0 Å². The quantitative estimate of drug-likeness (QED) is 0.0171. The third-order valence-corrected chi connectivity index (χ3v) is 14.6. The van der Waals surface area contributed by atoms with Crippen LogP contribution in [0.3, 0.4) is 0 Å². The fourth-order valence-corrected chi connectivity index (χ4v) is 9.62. The summed E-state index contributed by atoms with van der Waals surface area (Å²) in [6, 6.07) is 0. The van der Waals surface area contributed by atoms with Gasteiger partial charge in [0.1, 0.15) is 55.4 Å². The number of hydrogen-bond donors (Lipinski definition) is 7. The van der Waals surface area contributed by atoms with Crippen LogP contribution in [0.2, 0.25) is 0 Å². The Bertz CT molecular complexity index is 1520. The molecule has 0 bridgehead atoms. The second-order valence-electron chi connectivity index (χ2n) is 21.5. The predicted octanol–water partition coefficient (Wildman–Crippen LogP) is 11.0. The Labute approximate surface area is 465 Å². The maximum Gasteiger partial charge on any atom is 0.306 e. The summed E-state index contributed by atoms with van der Waals surface area (Å²) in [7, 11) is 0. The van der Waals surface area contributed by atoms with E-state index in [1.54, 1.807) is 0 Å². The van der Waals surface area contributed by atoms with Gasteiger partial charge < -0.3 is 64.2 Å². The molecule has 0 aliphatic carbocycles. The maximum atomic E-state index is 13.1. The lowest BCUT2D eigenvalue weighted by Crippen LogP contribution is -2.61. The van der Waals surface area contributed by atoms with Gasteiger partial charge in [-0.25, -0.2) is 0 Å². The number of allylic oxidation sites excluding steroid dienone is 8. The van der Waals surface area contributed by atoms with E-state index in [0.717, 1.165) is 83.5 Å². The number of ether oxygens (including phenoxy) is 6. The highest BCUT2D eigenvalue weighted by molar-refractivity contribution is 5.70. The van der Waals surface area contributed by atoms with Gasteiger partial charge in [-0.05, 0) is 51.4 Å². The molecule has 0 amide bonds. The average molecular weight is 1100 g/mol. The van der Waals surface area contributed by atoms with Crippen molar-refractivity contribution in [2.45, 2.75) is 306 Å². The van der Waals surface area contributed by atoms with Gasteiger partial charge in [-0.3, -0.25) is 9.59 Å². The van der Waals surface area contributed by atoms with Gasteiger partial charge in [0, 0.05) is 12.8 Å². The van der Waals surface area contributed by atoms with Crippen molar-refractivity contribution in [2.75, 3.05) is 26.4 Å². The van der Waals surface area contributed by atoms with Gasteiger partial charge in [0.25, 0.3) is 0 Å². The molecule has 0 radical (unpaired) electrons. The van der Waals surface area contributed by atoms with Crippen LogP contribution in [0.15, 0.2) is 48.6 Å². The molecule has 2 aliphatic heterocycles. The minimum atomic E-state index is -1.77. The molecule has 0 saturated carbocycles. The highest BCUT2D eigenvalue weighted by Gasteiger charge is 2.47. The van der Waals surface area contributed by atoms with E-state index in [1.807, 2.05) is 0 Å². The van der Waals surface area contributed by atoms with Crippen molar-refractivity contribution < 1.29 is 73.8 Å². The SMILES string of the molecule is CC/C=C\C/C=C\C/C=C\C/C=C\CCCCCCCCC(=O)OC(COC(=O)CCCCCCCCCCCCCCCCCCCCCCCC)COC1OC(COC2OC(CO)C(O)C(O)C2O)C(O)C(O)C1O. The summed E-state index contributed by atoms with van der Waals surface area (Å²) in [5.41, 5.74) is 0. The van der Waals surface area contributed by atoms with Crippen LogP contribution in [-0.2, 0) is 38.0 Å². The first-order chi connectivity index (χ1) is 37.5. The van der Waals surface area contributed by atoms with Crippen LogP contribution in [0.25, 0.3) is 0 Å². The topological polar surface area (TPSA) is 231 Å². The molecule has 2 rings (SSSR count). The Morgan fingerprint density at radius 2 is 0.818 bits per heavy atom. The molecule has 77 heavy (non-hydrogen) atoms. The summed E-state index contributed by atoms with van der Waals surface area (Å²) in [6.45, 7) is 2.51. The Hall–Kier alpha value is -2.54. The van der Waals surface area contributed by atoms with E-state index in [1.165, 1.54) is 116 Å². The van der Waals surface area contributed by atoms with Crippen LogP contribution in [-0.4, -0.2) is 142 Å². The minimum absolute atomic E-state index is 0.150. The predicted molar refractivity (Wildman–Crippen MR) is 303 cm³/mol. The molecule has 0 aromatic carbocycles. The zero-order valence-electron chi connectivity index (χ0n) is 47.9. The van der Waals surface area contributed by atoms with Crippen molar-refractivity contribution in [1.82, 2.24) is 0 Å². The number of unbranched alkanes of at least 4 members (excludes halogenated alkanes) is 27. The van der Waals surface area contributed by atoms with Crippen molar-refractivity contribution in [3.8, 4) is 0 Å². The smallest absolute Gasteiger partial charge is 0.306 e. The normalized spacial score (nSPS) is 24.5. The summed E-state index contributed by atoms with van der Waals surface area (Å²) >= 11 is 0. The lowest BCUT2D eigenvalue weighted by molar-refractivity contribution is -0.332. The fourth-order valence-electron chi connectivity index (χ4n) is 9.62. The minimum Gasteiger partial charge on any atom is -0.462 e. The third kappa shape index (κ3) is 35.0. The summed E-state index contributed by atoms with van der Waals surface area (Å²) in [5.74, 6) is -0.931. The van der Waals surface area contributed by atoms with Gasteiger partial charge >= 0.3 is 11.9 Å². The molecule has 0 spiro atoms. The maximum absolute atomic E-state index is 13.1. The lowest BCUT2D eigenvalue weighted by Gasteiger charge is -2.42. The highest BCUT2D eigenvalue weighted by Crippen LogP contribution is 2.27. The zero-order chi connectivity index (χ0) is 56.0. The molecule has 11 atom stereocenters. The standard InChI is InChI=1S/C62H110O15/c1-3-5-7-9-11-13-15-17-19-21-23-24-25-27-28-30-32-34-36-38-40-42-44-53(64)72-47-50(75-54(65)45-43-41-39-37-35-33-31-29-26-22-20-18-16-14-12-10-8-6-4-2)48-73-61-60(71)58(69)56(67)52(77-61)49-74-62-59(70)57(68)55(66)51(46-63)76-62/h6,8,12,14,18,20,26,29,50-52,55-63,66-71H,3-5,7,9-11,13,15-17,19,21-25,27-28,30-49H2,1-2H3/b8-6-,14-12-,20-18-,29-26-. The van der Waals surface area contributed by atoms with Crippen LogP contribution >= 0.6 is 0 Å². The summed E-state index contributed by atoms with van der Waals surface area (Å²) in [4.78, 5) is 25.9. The van der Waals surface area contributed by atoms with E-state index in [9.17, 15) is 45.3 Å². The van der Waals surface area contributed by atoms with Crippen molar-refractivity contribution in [2.24, 2.45) is 0 Å². The molecular formula is C62H110O15. The number of aliphatic hydroxyl groups is 7. The molecule has 7 N–H and O–H groups in total. The Morgan fingerprint density at radius 1 is 0.429 bits per heavy atom. The van der Waals surface area contributed by atoms with Crippen LogP contribution in [0.1, 0.15) is 239 Å². The van der Waals surface area contributed by atoms with E-state index >= 15 is 0 Å². The van der Waals surface area contributed by atoms with Gasteiger partial charge in [0.15, 0.2) is 18.7 Å². The molecule has 2 fully saturated rings. The number of carbonyl (C=O) groups is 2. The zero-order valence-corrected chi connectivity index (χ0v) is 47.9. The van der Waals surface area contributed by atoms with Crippen LogP contribution in [0, 0.1) is 0 Å². The van der Waals surface area contributed by atoms with Crippen LogP contribution in [0.4, 0.5) is 0 Å². The summed E-state index contributed by atoms with van der Waals surface area (Å²) in [5, 5.41) is 72.4. The number of esters is 2. The molecular weight excluding hydrogens is 985 g/mol. The Balaban J connectivity index is 1.73. The second kappa shape index (κ2) is 48.2. The third-order valence-electron chi connectivity index (χ3n) is 14.6. The van der Waals surface area contributed by atoms with Crippen LogP contribution in [0.5, 0.6) is 0 Å². The van der Waals surface area contributed by atoms with Gasteiger partial charge in [0.05, 0.1) is 19.8 Å². The van der Waals surface area contributed by atoms with E-state index < -0.39 is 92.7 Å². The molecule has 0 aromatic rings. The molecule has 11 unspecified atom stereocenters. The molecule has 15 nitrogen and oxygen atoms in total. The molecule has 2 saturated heterocycles. The lowest BCUT2D eigenvalue weighted by atomic mass is 9.98. The second-order valence-corrected chi connectivity index (χ2v) is 21.5. The first kappa shape index (κ1) is 70.6. The molecule has 2 heterocycles. The number of carbonyl (C=O) groups excluding carboxylic acids is 2. The number of hydrogen-bond acceptors (Lipinski definition) is 15. The molecule has 0 aromatic heterocycles. The molecule has 448 valence electrons. The molecule has 15 heteroatoms. The first-order valence-corrected chi connectivity index (χ1v) is 30.7. The first-order valence-electron chi connectivity index (χ1n) is 30.7. The van der Waals surface area contributed by atoms with Crippen molar-refractivity contribution >= 4 is 11.9 Å². The number of rotatable bonds is 49. The van der Waals surface area contributed by atoms with E-state index in [0.29, 0.717) is 12.8 Å². The van der Waals surface area contributed by atoms with E-state index in [2.05, 4.69) is 62.5 Å². The monoisotopic (exact) mass is 1090 g/mol. The number of aliphatic hydroxyl groups excluding tert-OH is 7. The van der Waals surface area contributed by atoms with Crippen molar-refractivity contribution in [3.63, 3.8) is 0 Å². The molecule has 2 aliphatic rings. The van der Waals surface area contributed by atoms with Crippen molar-refractivity contribution in [3.05, 3.63) is 48.6 Å². The van der Waals surface area contributed by atoms with E-state index in [4.69, 9.17) is 28.4 Å². The average Bonchev–Trinajstić information content (AvgIpc) is 3.43. The Kier molecular flexibility index (Phi) is 44.2. The van der Waals surface area contributed by atoms with E-state index in [-0.39, 0.29) is 26.1 Å². The van der Waals surface area contributed by atoms with Gasteiger partial charge in [-0.1, -0.05) is 223 Å². The van der Waals surface area contributed by atoms with Crippen molar-refractivity contribution in [1.29, 1.82) is 0 Å². The largest absolute Gasteiger partial charge is 0.462 e. The fraction of sp³-hybridized carbons (Fsp3) is 0.839. The van der Waals surface area contributed by atoms with Gasteiger partial charge in [-0.2, -0.15) is 0 Å². The Morgan fingerprint density at radius 3 is 1.29 bits per heavy atom.